The first kappa shape index (κ1) is 11.5. The largest absolute Gasteiger partial charge is 0.369 e. The van der Waals surface area contributed by atoms with Crippen LogP contribution in [0.2, 0.25) is 0 Å². The summed E-state index contributed by atoms with van der Waals surface area (Å²) in [6, 6.07) is 3.07. The van der Waals surface area contributed by atoms with Crippen LogP contribution in [0.1, 0.15) is 0 Å². The Balaban J connectivity index is 2.51. The maximum Gasteiger partial charge on any atom is 0.211 e. The first-order chi connectivity index (χ1) is 7.58. The van der Waals surface area contributed by atoms with Crippen molar-refractivity contribution in [3.05, 3.63) is 22.4 Å². The predicted molar refractivity (Wildman–Crippen MR) is 69.1 cm³/mol. The van der Waals surface area contributed by atoms with Gasteiger partial charge in [0.15, 0.2) is 0 Å². The van der Waals surface area contributed by atoms with E-state index < -0.39 is 0 Å². The molecule has 0 unspecified atom stereocenters. The predicted octanol–water partition coefficient (Wildman–Crippen LogP) is 3.42. The number of nitrogens with zero attached hydrogens (tertiary/aromatic N) is 3. The molecule has 0 spiro atoms. The fourth-order valence-corrected chi connectivity index (χ4v) is 2.54. The second-order valence-electron chi connectivity index (χ2n) is 3.41. The first-order valence-electron chi connectivity index (χ1n) is 4.53. The fraction of sp³-hybridized carbons (Fsp3) is 0.200. The van der Waals surface area contributed by atoms with Crippen molar-refractivity contribution in [1.29, 1.82) is 0 Å². The Morgan fingerprint density at radius 2 is 2.25 bits per heavy atom. The van der Waals surface area contributed by atoms with Crippen molar-refractivity contribution in [3.63, 3.8) is 0 Å². The average molecular weight is 302 g/mol. The molecule has 0 saturated carbocycles. The van der Waals surface area contributed by atoms with Crippen molar-refractivity contribution < 1.29 is 4.39 Å². The molecule has 1 heterocycles. The average Bonchev–Trinajstić information content (AvgIpc) is 2.66. The topological polar surface area (TPSA) is 28.5 Å². The fourth-order valence-electron chi connectivity index (χ4n) is 1.15. The summed E-state index contributed by atoms with van der Waals surface area (Å²) in [5.41, 5.74) is 0.621. The SMILES string of the molecule is CN(C)/C=N/c1nc2c(Br)ccc(F)c2s1. The maximum atomic E-state index is 13.5. The van der Waals surface area contributed by atoms with Crippen molar-refractivity contribution in [3.8, 4) is 0 Å². The van der Waals surface area contributed by atoms with Crippen LogP contribution in [0.3, 0.4) is 0 Å². The van der Waals surface area contributed by atoms with Crippen LogP contribution in [0.15, 0.2) is 21.6 Å². The van der Waals surface area contributed by atoms with Gasteiger partial charge in [-0.05, 0) is 28.1 Å². The van der Waals surface area contributed by atoms with Gasteiger partial charge in [0, 0.05) is 18.6 Å². The van der Waals surface area contributed by atoms with E-state index in [1.165, 1.54) is 17.4 Å². The molecule has 2 aromatic rings. The van der Waals surface area contributed by atoms with E-state index in [1.807, 2.05) is 14.1 Å². The van der Waals surface area contributed by atoms with Gasteiger partial charge in [0.2, 0.25) is 5.13 Å². The Morgan fingerprint density at radius 1 is 1.50 bits per heavy atom. The molecule has 0 saturated heterocycles. The Morgan fingerprint density at radius 3 is 2.88 bits per heavy atom. The number of fused-ring (bicyclic) bond motifs is 1. The second-order valence-corrected chi connectivity index (χ2v) is 5.24. The van der Waals surface area contributed by atoms with Crippen LogP contribution in [0.4, 0.5) is 9.52 Å². The zero-order valence-corrected chi connectivity index (χ0v) is 11.1. The second kappa shape index (κ2) is 4.47. The summed E-state index contributed by atoms with van der Waals surface area (Å²) >= 11 is 4.58. The summed E-state index contributed by atoms with van der Waals surface area (Å²) < 4.78 is 14.8. The maximum absolute atomic E-state index is 13.5. The standard InChI is InChI=1S/C10H9BrFN3S/c1-15(2)5-13-10-14-8-6(11)3-4-7(12)9(8)16-10/h3-5H,1-2H3/b13-5+. The van der Waals surface area contributed by atoms with Crippen molar-refractivity contribution in [2.24, 2.45) is 4.99 Å². The van der Waals surface area contributed by atoms with Crippen LogP contribution in [-0.4, -0.2) is 30.3 Å². The van der Waals surface area contributed by atoms with Crippen molar-refractivity contribution >= 4 is 49.0 Å². The number of rotatable bonds is 2. The minimum atomic E-state index is -0.262. The van der Waals surface area contributed by atoms with Gasteiger partial charge >= 0.3 is 0 Å². The van der Waals surface area contributed by atoms with Crippen LogP contribution in [-0.2, 0) is 0 Å². The van der Waals surface area contributed by atoms with Gasteiger partial charge in [0.25, 0.3) is 0 Å². The van der Waals surface area contributed by atoms with Gasteiger partial charge < -0.3 is 4.90 Å². The molecule has 0 radical (unpaired) electrons. The summed E-state index contributed by atoms with van der Waals surface area (Å²) in [6.07, 6.45) is 1.64. The molecule has 2 rings (SSSR count). The third-order valence-corrected chi connectivity index (χ3v) is 3.45. The molecule has 0 N–H and O–H groups in total. The van der Waals surface area contributed by atoms with E-state index in [1.54, 1.807) is 17.3 Å². The summed E-state index contributed by atoms with van der Waals surface area (Å²) in [7, 11) is 3.74. The zero-order chi connectivity index (χ0) is 11.7. The molecule has 0 aliphatic carbocycles. The monoisotopic (exact) mass is 301 g/mol. The van der Waals surface area contributed by atoms with E-state index in [-0.39, 0.29) is 5.82 Å². The molecule has 6 heteroatoms. The summed E-state index contributed by atoms with van der Waals surface area (Å²) in [5, 5.41) is 0.550. The van der Waals surface area contributed by atoms with Gasteiger partial charge in [-0.3, -0.25) is 0 Å². The van der Waals surface area contributed by atoms with Crippen LogP contribution < -0.4 is 0 Å². The normalized spacial score (nSPS) is 11.5. The molecule has 0 amide bonds. The Hall–Kier alpha value is -1.01. The lowest BCUT2D eigenvalue weighted by Gasteiger charge is -1.99. The molecule has 1 aromatic heterocycles. The van der Waals surface area contributed by atoms with E-state index in [2.05, 4.69) is 25.9 Å². The van der Waals surface area contributed by atoms with Crippen LogP contribution in [0.5, 0.6) is 0 Å². The van der Waals surface area contributed by atoms with E-state index in [4.69, 9.17) is 0 Å². The molecule has 0 atom stereocenters. The number of aliphatic imine (C=N–C) groups is 1. The molecule has 16 heavy (non-hydrogen) atoms. The summed E-state index contributed by atoms with van der Waals surface area (Å²) in [4.78, 5) is 10.2. The quantitative estimate of drug-likeness (QED) is 0.628. The van der Waals surface area contributed by atoms with Crippen LogP contribution >= 0.6 is 27.3 Å². The summed E-state index contributed by atoms with van der Waals surface area (Å²) in [5.74, 6) is -0.262. The third kappa shape index (κ3) is 2.22. The molecule has 0 fully saturated rings. The Kier molecular flexibility index (Phi) is 3.20. The van der Waals surface area contributed by atoms with Crippen molar-refractivity contribution in [1.82, 2.24) is 9.88 Å². The number of aromatic nitrogens is 1. The molecule has 1 aromatic carbocycles. The Bertz CT molecular complexity index is 511. The van der Waals surface area contributed by atoms with E-state index >= 15 is 0 Å². The molecular formula is C10H9BrFN3S. The summed E-state index contributed by atoms with van der Waals surface area (Å²) in [6.45, 7) is 0. The molecule has 0 aliphatic rings. The van der Waals surface area contributed by atoms with Crippen LogP contribution in [0, 0.1) is 5.82 Å². The van der Waals surface area contributed by atoms with E-state index in [9.17, 15) is 4.39 Å². The van der Waals surface area contributed by atoms with Crippen molar-refractivity contribution in [2.45, 2.75) is 0 Å². The van der Waals surface area contributed by atoms with Crippen molar-refractivity contribution in [2.75, 3.05) is 14.1 Å². The third-order valence-electron chi connectivity index (χ3n) is 1.83. The number of hydrogen-bond donors (Lipinski definition) is 0. The lowest BCUT2D eigenvalue weighted by atomic mass is 10.3. The number of thiazole rings is 1. The van der Waals surface area contributed by atoms with Crippen LogP contribution in [0.25, 0.3) is 10.2 Å². The zero-order valence-electron chi connectivity index (χ0n) is 8.74. The van der Waals surface area contributed by atoms with Gasteiger partial charge in [-0.25, -0.2) is 14.4 Å². The van der Waals surface area contributed by atoms with Gasteiger partial charge in [0.1, 0.15) is 11.3 Å². The van der Waals surface area contributed by atoms with E-state index in [0.29, 0.717) is 15.3 Å². The van der Waals surface area contributed by atoms with Gasteiger partial charge in [-0.15, -0.1) is 0 Å². The smallest absolute Gasteiger partial charge is 0.211 e. The minimum Gasteiger partial charge on any atom is -0.369 e. The number of benzene rings is 1. The van der Waals surface area contributed by atoms with Gasteiger partial charge in [0.05, 0.1) is 11.0 Å². The van der Waals surface area contributed by atoms with Gasteiger partial charge in [-0.1, -0.05) is 11.3 Å². The lowest BCUT2D eigenvalue weighted by Crippen LogP contribution is -2.06. The number of halogens is 2. The molecule has 0 aliphatic heterocycles. The molecule has 84 valence electrons. The highest BCUT2D eigenvalue weighted by molar-refractivity contribution is 9.10. The van der Waals surface area contributed by atoms with Gasteiger partial charge in [-0.2, -0.15) is 0 Å². The highest BCUT2D eigenvalue weighted by Crippen LogP contribution is 2.34. The number of hydrogen-bond acceptors (Lipinski definition) is 3. The first-order valence-corrected chi connectivity index (χ1v) is 6.14. The molecular weight excluding hydrogens is 293 g/mol. The highest BCUT2D eigenvalue weighted by atomic mass is 79.9. The minimum absolute atomic E-state index is 0.262. The highest BCUT2D eigenvalue weighted by Gasteiger charge is 2.10. The lowest BCUT2D eigenvalue weighted by molar-refractivity contribution is 0.641. The Labute approximate surface area is 105 Å². The molecule has 0 bridgehead atoms. The molecule has 3 nitrogen and oxygen atoms in total. The van der Waals surface area contributed by atoms with E-state index in [0.717, 1.165) is 4.47 Å².